The molecule has 1 aliphatic heterocycles. The maximum absolute atomic E-state index is 12.8. The number of benzene rings is 1. The fourth-order valence-electron chi connectivity index (χ4n) is 3.19. The van der Waals surface area contributed by atoms with E-state index in [1.165, 1.54) is 22.5 Å². The third-order valence-electron chi connectivity index (χ3n) is 5.02. The van der Waals surface area contributed by atoms with E-state index in [0.717, 1.165) is 19.3 Å². The Kier molecular flexibility index (Phi) is 9.26. The highest BCUT2D eigenvalue weighted by Crippen LogP contribution is 2.18. The number of rotatable bonds is 10. The number of ether oxygens (including phenoxy) is 1. The molecule has 0 radical (unpaired) electrons. The Bertz CT molecular complexity index is 820. The number of carbonyl (C=O) groups excluding carboxylic acids is 2. The molecule has 1 aromatic carbocycles. The smallest absolute Gasteiger partial charge is 0.251 e. The van der Waals surface area contributed by atoms with Gasteiger partial charge in [-0.15, -0.1) is 0 Å². The molecular weight excluding hydrogens is 406 g/mol. The summed E-state index contributed by atoms with van der Waals surface area (Å²) in [5.41, 5.74) is 0.203. The van der Waals surface area contributed by atoms with Crippen molar-refractivity contribution in [1.82, 2.24) is 14.9 Å². The zero-order valence-electron chi connectivity index (χ0n) is 18.0. The van der Waals surface area contributed by atoms with Crippen molar-refractivity contribution in [3.05, 3.63) is 29.8 Å². The number of nitrogens with one attached hydrogen (secondary N) is 2. The lowest BCUT2D eigenvalue weighted by Crippen LogP contribution is -2.49. The Morgan fingerprint density at radius 1 is 1.17 bits per heavy atom. The Morgan fingerprint density at radius 3 is 2.50 bits per heavy atom. The van der Waals surface area contributed by atoms with Crippen LogP contribution in [0.5, 0.6) is 0 Å². The van der Waals surface area contributed by atoms with Gasteiger partial charge in [-0.05, 0) is 30.5 Å². The summed E-state index contributed by atoms with van der Waals surface area (Å²) < 4.78 is 32.3. The van der Waals surface area contributed by atoms with Gasteiger partial charge in [0.1, 0.15) is 6.04 Å². The minimum atomic E-state index is -3.70. The van der Waals surface area contributed by atoms with Gasteiger partial charge in [-0.1, -0.05) is 39.7 Å². The number of carbonyl (C=O) groups is 2. The van der Waals surface area contributed by atoms with Crippen LogP contribution in [0.15, 0.2) is 29.2 Å². The molecule has 2 amide bonds. The molecule has 9 heteroatoms. The normalized spacial score (nSPS) is 16.3. The van der Waals surface area contributed by atoms with E-state index in [4.69, 9.17) is 4.74 Å². The summed E-state index contributed by atoms with van der Waals surface area (Å²) in [6.45, 7) is 7.64. The minimum absolute atomic E-state index is 0.0576. The van der Waals surface area contributed by atoms with Gasteiger partial charge in [-0.2, -0.15) is 4.31 Å². The Hall–Kier alpha value is -1.97. The molecule has 1 aromatic rings. The van der Waals surface area contributed by atoms with Crippen LogP contribution in [-0.2, 0) is 19.6 Å². The fraction of sp³-hybridized carbons (Fsp3) is 0.619. The molecule has 30 heavy (non-hydrogen) atoms. The minimum Gasteiger partial charge on any atom is -0.379 e. The van der Waals surface area contributed by atoms with Crippen LogP contribution in [0.2, 0.25) is 0 Å². The van der Waals surface area contributed by atoms with Crippen LogP contribution in [0.3, 0.4) is 0 Å². The van der Waals surface area contributed by atoms with E-state index in [2.05, 4.69) is 17.6 Å². The first-order valence-electron chi connectivity index (χ1n) is 10.5. The molecule has 0 saturated carbocycles. The lowest BCUT2D eigenvalue weighted by molar-refractivity contribution is -0.123. The van der Waals surface area contributed by atoms with Crippen molar-refractivity contribution in [3.63, 3.8) is 0 Å². The summed E-state index contributed by atoms with van der Waals surface area (Å²) in [6.07, 6.45) is 2.98. The number of sulfonamides is 1. The molecule has 2 N–H and O–H groups in total. The summed E-state index contributed by atoms with van der Waals surface area (Å²) in [7, 11) is -3.70. The van der Waals surface area contributed by atoms with E-state index < -0.39 is 22.0 Å². The number of hydrogen-bond acceptors (Lipinski definition) is 5. The fourth-order valence-corrected chi connectivity index (χ4v) is 4.64. The molecule has 0 spiro atoms. The SMILES string of the molecule is CCCCCNC(=O)[C@@H](NC(=O)c1cccc(S(=O)(=O)N2CCOCC2)c1)C(C)C. The lowest BCUT2D eigenvalue weighted by Gasteiger charge is -2.26. The van der Waals surface area contributed by atoms with Crippen molar-refractivity contribution in [2.24, 2.45) is 5.92 Å². The predicted octanol–water partition coefficient (Wildman–Crippen LogP) is 1.77. The van der Waals surface area contributed by atoms with Crippen molar-refractivity contribution in [2.45, 2.75) is 51.0 Å². The standard InChI is InChI=1S/C21H33N3O5S/c1-4-5-6-10-22-21(26)19(16(2)3)23-20(25)17-8-7-9-18(15-17)30(27,28)24-11-13-29-14-12-24/h7-9,15-16,19H,4-6,10-14H2,1-3H3,(H,22,26)(H,23,25)/t19-/m0/s1. The van der Waals surface area contributed by atoms with Gasteiger partial charge in [0.15, 0.2) is 0 Å². The molecule has 0 aliphatic carbocycles. The van der Waals surface area contributed by atoms with Gasteiger partial charge < -0.3 is 15.4 Å². The summed E-state index contributed by atoms with van der Waals surface area (Å²) in [5, 5.41) is 5.62. The summed E-state index contributed by atoms with van der Waals surface area (Å²) >= 11 is 0. The van der Waals surface area contributed by atoms with Crippen LogP contribution in [0.25, 0.3) is 0 Å². The zero-order valence-corrected chi connectivity index (χ0v) is 18.8. The van der Waals surface area contributed by atoms with Crippen molar-refractivity contribution in [3.8, 4) is 0 Å². The number of nitrogens with zero attached hydrogens (tertiary/aromatic N) is 1. The first kappa shape index (κ1) is 24.3. The molecule has 0 unspecified atom stereocenters. The third-order valence-corrected chi connectivity index (χ3v) is 6.91. The molecule has 1 aliphatic rings. The molecule has 1 heterocycles. The number of hydrogen-bond donors (Lipinski definition) is 2. The largest absolute Gasteiger partial charge is 0.379 e. The molecule has 168 valence electrons. The second-order valence-electron chi connectivity index (χ2n) is 7.74. The molecule has 0 aromatic heterocycles. The molecule has 1 saturated heterocycles. The quantitative estimate of drug-likeness (QED) is 0.541. The highest BCUT2D eigenvalue weighted by molar-refractivity contribution is 7.89. The van der Waals surface area contributed by atoms with Crippen molar-refractivity contribution in [1.29, 1.82) is 0 Å². The first-order chi connectivity index (χ1) is 14.3. The summed E-state index contributed by atoms with van der Waals surface area (Å²) in [5.74, 6) is -0.816. The molecule has 2 rings (SSSR count). The van der Waals surface area contributed by atoms with Crippen LogP contribution in [0, 0.1) is 5.92 Å². The van der Waals surface area contributed by atoms with E-state index in [-0.39, 0.29) is 35.4 Å². The van der Waals surface area contributed by atoms with Gasteiger partial charge in [0.2, 0.25) is 15.9 Å². The van der Waals surface area contributed by atoms with Gasteiger partial charge in [0.05, 0.1) is 18.1 Å². The highest BCUT2D eigenvalue weighted by atomic mass is 32.2. The van der Waals surface area contributed by atoms with Crippen molar-refractivity contribution >= 4 is 21.8 Å². The van der Waals surface area contributed by atoms with Gasteiger partial charge in [0.25, 0.3) is 5.91 Å². The average Bonchev–Trinajstić information content (AvgIpc) is 2.75. The number of unbranched alkanes of at least 4 members (excludes halogenated alkanes) is 2. The van der Waals surface area contributed by atoms with Crippen LogP contribution in [0.1, 0.15) is 50.4 Å². The van der Waals surface area contributed by atoms with Gasteiger partial charge >= 0.3 is 0 Å². The average molecular weight is 440 g/mol. The van der Waals surface area contributed by atoms with Crippen LogP contribution in [-0.4, -0.2) is 63.4 Å². The molecule has 8 nitrogen and oxygen atoms in total. The Balaban J connectivity index is 2.10. The van der Waals surface area contributed by atoms with Gasteiger partial charge in [-0.25, -0.2) is 8.42 Å². The molecule has 0 bridgehead atoms. The highest BCUT2D eigenvalue weighted by Gasteiger charge is 2.28. The molecular formula is C21H33N3O5S. The van der Waals surface area contributed by atoms with Crippen LogP contribution < -0.4 is 10.6 Å². The zero-order chi connectivity index (χ0) is 22.1. The first-order valence-corrected chi connectivity index (χ1v) is 12.0. The Labute approximate surface area is 179 Å². The third kappa shape index (κ3) is 6.52. The predicted molar refractivity (Wildman–Crippen MR) is 115 cm³/mol. The van der Waals surface area contributed by atoms with E-state index >= 15 is 0 Å². The van der Waals surface area contributed by atoms with Gasteiger partial charge in [-0.3, -0.25) is 9.59 Å². The summed E-state index contributed by atoms with van der Waals surface area (Å²) in [4.78, 5) is 25.3. The maximum Gasteiger partial charge on any atom is 0.251 e. The van der Waals surface area contributed by atoms with E-state index in [9.17, 15) is 18.0 Å². The monoisotopic (exact) mass is 439 g/mol. The second-order valence-corrected chi connectivity index (χ2v) is 9.68. The van der Waals surface area contributed by atoms with Crippen molar-refractivity contribution < 1.29 is 22.7 Å². The molecule has 1 fully saturated rings. The Morgan fingerprint density at radius 2 is 1.87 bits per heavy atom. The van der Waals surface area contributed by atoms with Crippen LogP contribution in [0.4, 0.5) is 0 Å². The van der Waals surface area contributed by atoms with E-state index in [1.807, 2.05) is 13.8 Å². The second kappa shape index (κ2) is 11.4. The number of morpholine rings is 1. The van der Waals surface area contributed by atoms with Crippen molar-refractivity contribution in [2.75, 3.05) is 32.8 Å². The van der Waals surface area contributed by atoms with Crippen LogP contribution >= 0.6 is 0 Å². The topological polar surface area (TPSA) is 105 Å². The number of amides is 2. The molecule has 1 atom stereocenters. The van der Waals surface area contributed by atoms with Gasteiger partial charge in [0, 0.05) is 25.2 Å². The van der Waals surface area contributed by atoms with E-state index in [1.54, 1.807) is 6.07 Å². The van der Waals surface area contributed by atoms with E-state index in [0.29, 0.717) is 19.8 Å². The summed E-state index contributed by atoms with van der Waals surface area (Å²) in [6, 6.07) is 5.22. The lowest BCUT2D eigenvalue weighted by atomic mass is 10.0. The maximum atomic E-state index is 12.8.